The van der Waals surface area contributed by atoms with Crippen molar-refractivity contribution in [3.63, 3.8) is 0 Å². The number of amides is 3. The van der Waals surface area contributed by atoms with Gasteiger partial charge in [-0.2, -0.15) is 0 Å². The van der Waals surface area contributed by atoms with E-state index in [1.807, 2.05) is 63.2 Å². The van der Waals surface area contributed by atoms with Gasteiger partial charge in [0, 0.05) is 12.7 Å². The van der Waals surface area contributed by atoms with Crippen LogP contribution in [0.4, 0.5) is 10.5 Å². The quantitative estimate of drug-likeness (QED) is 0.666. The number of nitrogens with one attached hydrogen (secondary N) is 2. The van der Waals surface area contributed by atoms with Crippen molar-refractivity contribution in [2.45, 2.75) is 66.2 Å². The van der Waals surface area contributed by atoms with E-state index in [4.69, 9.17) is 4.74 Å². The molecule has 2 atom stereocenters. The topological polar surface area (TPSA) is 87.7 Å². The molecule has 0 radical (unpaired) electrons. The Kier molecular flexibility index (Phi) is 8.25. The number of para-hydroxylation sites is 1. The molecule has 2 aromatic carbocycles. The monoisotopic (exact) mass is 453 g/mol. The first-order valence-electron chi connectivity index (χ1n) is 11.0. The van der Waals surface area contributed by atoms with Gasteiger partial charge in [-0.05, 0) is 70.7 Å². The SMILES string of the molecule is Cc1ccccc1C(C(=O)Nc1c(C)cccc1C)N(C)C(=O)C(C)NC(=O)OC(C)(C)C. The Morgan fingerprint density at radius 1 is 0.909 bits per heavy atom. The first-order chi connectivity index (χ1) is 15.3. The zero-order valence-corrected chi connectivity index (χ0v) is 20.8. The molecule has 3 amide bonds. The minimum atomic E-state index is -0.888. The lowest BCUT2D eigenvalue weighted by Crippen LogP contribution is -2.49. The van der Waals surface area contributed by atoms with Gasteiger partial charge >= 0.3 is 6.09 Å². The van der Waals surface area contributed by atoms with E-state index in [1.54, 1.807) is 34.7 Å². The molecular weight excluding hydrogens is 418 g/mol. The van der Waals surface area contributed by atoms with Crippen LogP contribution in [0.1, 0.15) is 56.0 Å². The summed E-state index contributed by atoms with van der Waals surface area (Å²) in [5, 5.41) is 5.57. The number of hydrogen-bond donors (Lipinski definition) is 2. The van der Waals surface area contributed by atoms with E-state index in [1.165, 1.54) is 4.90 Å². The number of likely N-dealkylation sites (N-methyl/N-ethyl adjacent to an activating group) is 1. The fourth-order valence-corrected chi connectivity index (χ4v) is 3.60. The van der Waals surface area contributed by atoms with E-state index in [0.29, 0.717) is 5.56 Å². The molecular formula is C26H35N3O4. The number of anilines is 1. The van der Waals surface area contributed by atoms with E-state index in [-0.39, 0.29) is 5.91 Å². The Hall–Kier alpha value is -3.35. The van der Waals surface area contributed by atoms with Gasteiger partial charge in [0.2, 0.25) is 5.91 Å². The van der Waals surface area contributed by atoms with Crippen molar-refractivity contribution >= 4 is 23.6 Å². The predicted molar refractivity (Wildman–Crippen MR) is 130 cm³/mol. The largest absolute Gasteiger partial charge is 0.444 e. The average Bonchev–Trinajstić information content (AvgIpc) is 2.70. The van der Waals surface area contributed by atoms with Crippen LogP contribution < -0.4 is 10.6 Å². The van der Waals surface area contributed by atoms with Gasteiger partial charge in [-0.15, -0.1) is 0 Å². The summed E-state index contributed by atoms with van der Waals surface area (Å²) in [6.07, 6.45) is -0.691. The van der Waals surface area contributed by atoms with Crippen molar-refractivity contribution in [1.29, 1.82) is 0 Å². The summed E-state index contributed by atoms with van der Waals surface area (Å²) in [7, 11) is 1.57. The number of alkyl carbamates (subject to hydrolysis) is 1. The molecule has 0 spiro atoms. The number of hydrogen-bond acceptors (Lipinski definition) is 4. The number of aryl methyl sites for hydroxylation is 3. The number of nitrogens with zero attached hydrogens (tertiary/aromatic N) is 1. The second-order valence-electron chi connectivity index (χ2n) is 9.33. The Bertz CT molecular complexity index is 1010. The molecule has 0 fully saturated rings. The molecule has 2 aromatic rings. The van der Waals surface area contributed by atoms with Gasteiger partial charge in [-0.25, -0.2) is 4.79 Å². The Morgan fingerprint density at radius 2 is 1.45 bits per heavy atom. The highest BCUT2D eigenvalue weighted by molar-refractivity contribution is 5.99. The van der Waals surface area contributed by atoms with Crippen LogP contribution in [-0.2, 0) is 14.3 Å². The Labute approximate surface area is 196 Å². The number of carbonyl (C=O) groups is 3. The second-order valence-corrected chi connectivity index (χ2v) is 9.33. The lowest BCUT2D eigenvalue weighted by Gasteiger charge is -2.31. The van der Waals surface area contributed by atoms with Gasteiger partial charge < -0.3 is 20.3 Å². The minimum absolute atomic E-state index is 0.331. The van der Waals surface area contributed by atoms with Crippen LogP contribution >= 0.6 is 0 Å². The molecule has 2 unspecified atom stereocenters. The third-order valence-corrected chi connectivity index (χ3v) is 5.30. The first-order valence-corrected chi connectivity index (χ1v) is 11.0. The minimum Gasteiger partial charge on any atom is -0.444 e. The maximum absolute atomic E-state index is 13.5. The fourth-order valence-electron chi connectivity index (χ4n) is 3.60. The predicted octanol–water partition coefficient (Wildman–Crippen LogP) is 4.66. The molecule has 7 nitrogen and oxygen atoms in total. The van der Waals surface area contributed by atoms with Crippen LogP contribution in [0.2, 0.25) is 0 Å². The fraction of sp³-hybridized carbons (Fsp3) is 0.423. The molecule has 7 heteroatoms. The van der Waals surface area contributed by atoms with Crippen LogP contribution in [-0.4, -0.2) is 41.5 Å². The normalized spacial score (nSPS) is 13.0. The summed E-state index contributed by atoms with van der Waals surface area (Å²) in [5.74, 6) is -0.743. The van der Waals surface area contributed by atoms with Crippen LogP contribution in [0.3, 0.4) is 0 Å². The van der Waals surface area contributed by atoms with Gasteiger partial charge in [0.25, 0.3) is 5.91 Å². The summed E-state index contributed by atoms with van der Waals surface area (Å²) >= 11 is 0. The van der Waals surface area contributed by atoms with Crippen molar-refractivity contribution in [2.24, 2.45) is 0 Å². The number of ether oxygens (including phenoxy) is 1. The third-order valence-electron chi connectivity index (χ3n) is 5.30. The molecule has 0 saturated carbocycles. The molecule has 33 heavy (non-hydrogen) atoms. The van der Waals surface area contributed by atoms with Gasteiger partial charge in [-0.3, -0.25) is 9.59 Å². The van der Waals surface area contributed by atoms with Crippen molar-refractivity contribution in [3.05, 3.63) is 64.7 Å². The van der Waals surface area contributed by atoms with E-state index < -0.39 is 29.7 Å². The van der Waals surface area contributed by atoms with Crippen LogP contribution in [0.5, 0.6) is 0 Å². The molecule has 0 aliphatic carbocycles. The molecule has 2 N–H and O–H groups in total. The maximum Gasteiger partial charge on any atom is 0.408 e. The highest BCUT2D eigenvalue weighted by Gasteiger charge is 2.33. The van der Waals surface area contributed by atoms with E-state index in [2.05, 4.69) is 10.6 Å². The molecule has 0 saturated heterocycles. The summed E-state index contributed by atoms with van der Waals surface area (Å²) in [6.45, 7) is 12.6. The zero-order chi connectivity index (χ0) is 24.9. The molecule has 0 heterocycles. The van der Waals surface area contributed by atoms with Crippen LogP contribution in [0, 0.1) is 20.8 Å². The lowest BCUT2D eigenvalue weighted by molar-refractivity contribution is -0.138. The molecule has 178 valence electrons. The molecule has 0 aliphatic rings. The summed E-state index contributed by atoms with van der Waals surface area (Å²) in [6, 6.07) is 11.5. The van der Waals surface area contributed by atoms with E-state index in [9.17, 15) is 14.4 Å². The van der Waals surface area contributed by atoms with Gasteiger partial charge in [0.1, 0.15) is 17.7 Å². The van der Waals surface area contributed by atoms with Crippen molar-refractivity contribution in [2.75, 3.05) is 12.4 Å². The molecule has 2 rings (SSSR count). The van der Waals surface area contributed by atoms with Crippen molar-refractivity contribution in [3.8, 4) is 0 Å². The maximum atomic E-state index is 13.5. The summed E-state index contributed by atoms with van der Waals surface area (Å²) in [4.78, 5) is 40.3. The Morgan fingerprint density at radius 3 is 2.00 bits per heavy atom. The highest BCUT2D eigenvalue weighted by Crippen LogP contribution is 2.27. The number of carbonyl (C=O) groups excluding carboxylic acids is 3. The molecule has 0 aromatic heterocycles. The Balaban J connectivity index is 2.34. The standard InChI is InChI=1S/C26H35N3O4/c1-16-12-9-10-15-20(16)22(23(30)28-21-17(2)13-11-14-18(21)3)29(8)24(31)19(4)27-25(32)33-26(5,6)7/h9-15,19,22H,1-8H3,(H,27,32)(H,28,30). The van der Waals surface area contributed by atoms with Crippen molar-refractivity contribution in [1.82, 2.24) is 10.2 Å². The summed E-state index contributed by atoms with van der Waals surface area (Å²) < 4.78 is 5.26. The van der Waals surface area contributed by atoms with Gasteiger partial charge in [0.15, 0.2) is 0 Å². The molecule has 0 aliphatic heterocycles. The van der Waals surface area contributed by atoms with Gasteiger partial charge in [0.05, 0.1) is 0 Å². The lowest BCUT2D eigenvalue weighted by atomic mass is 9.98. The van der Waals surface area contributed by atoms with E-state index in [0.717, 1.165) is 22.4 Å². The first kappa shape index (κ1) is 25.9. The molecule has 0 bridgehead atoms. The van der Waals surface area contributed by atoms with Crippen LogP contribution in [0.25, 0.3) is 0 Å². The van der Waals surface area contributed by atoms with E-state index >= 15 is 0 Å². The third kappa shape index (κ3) is 6.81. The number of benzene rings is 2. The van der Waals surface area contributed by atoms with Crippen molar-refractivity contribution < 1.29 is 19.1 Å². The second kappa shape index (κ2) is 10.5. The van der Waals surface area contributed by atoms with Gasteiger partial charge in [-0.1, -0.05) is 42.5 Å². The average molecular weight is 454 g/mol. The zero-order valence-electron chi connectivity index (χ0n) is 20.8. The summed E-state index contributed by atoms with van der Waals surface area (Å²) in [5.41, 5.74) is 3.49. The highest BCUT2D eigenvalue weighted by atomic mass is 16.6. The smallest absolute Gasteiger partial charge is 0.408 e. The van der Waals surface area contributed by atoms with Crippen LogP contribution in [0.15, 0.2) is 42.5 Å². The number of rotatable bonds is 6.